The highest BCUT2D eigenvalue weighted by Gasteiger charge is 2.17. The van der Waals surface area contributed by atoms with Crippen molar-refractivity contribution in [2.75, 3.05) is 44.4 Å². The average molecular weight is 265 g/mol. The van der Waals surface area contributed by atoms with Crippen LogP contribution in [0.25, 0.3) is 0 Å². The smallest absolute Gasteiger partial charge is 0.125 e. The lowest BCUT2D eigenvalue weighted by atomic mass is 9.93. The third-order valence-corrected chi connectivity index (χ3v) is 4.11. The zero-order chi connectivity index (χ0) is 13.8. The van der Waals surface area contributed by atoms with Crippen LogP contribution in [0.4, 0.5) is 15.8 Å². The molecular weight excluding hydrogens is 241 g/mol. The standard InChI is InChI=1S/C15H24FN3/c1-18-8-5-12(6-9-18)7-10-19(2)15-11-13(16)3-4-14(15)17/h3-4,11-12H,5-10,17H2,1-2H3. The summed E-state index contributed by atoms with van der Waals surface area (Å²) in [7, 11) is 4.16. The van der Waals surface area contributed by atoms with Gasteiger partial charge in [0.1, 0.15) is 5.82 Å². The first-order valence-electron chi connectivity index (χ1n) is 7.01. The van der Waals surface area contributed by atoms with Crippen LogP contribution in [0.3, 0.4) is 0 Å². The van der Waals surface area contributed by atoms with Crippen molar-refractivity contribution in [1.29, 1.82) is 0 Å². The second-order valence-corrected chi connectivity index (χ2v) is 5.66. The molecule has 2 rings (SSSR count). The predicted octanol–water partition coefficient (Wildman–Crippen LogP) is 2.58. The van der Waals surface area contributed by atoms with Gasteiger partial charge in [0.15, 0.2) is 0 Å². The Morgan fingerprint density at radius 1 is 1.37 bits per heavy atom. The highest BCUT2D eigenvalue weighted by atomic mass is 19.1. The summed E-state index contributed by atoms with van der Waals surface area (Å²) in [6, 6.07) is 4.56. The van der Waals surface area contributed by atoms with Gasteiger partial charge in [-0.25, -0.2) is 4.39 Å². The molecule has 106 valence electrons. The Bertz CT molecular complexity index is 414. The molecule has 1 aromatic rings. The maximum absolute atomic E-state index is 13.3. The van der Waals surface area contributed by atoms with Gasteiger partial charge in [-0.2, -0.15) is 0 Å². The molecule has 0 aromatic heterocycles. The van der Waals surface area contributed by atoms with Gasteiger partial charge in [0.25, 0.3) is 0 Å². The molecule has 3 nitrogen and oxygen atoms in total. The van der Waals surface area contributed by atoms with Gasteiger partial charge in [0.2, 0.25) is 0 Å². The molecular formula is C15H24FN3. The van der Waals surface area contributed by atoms with Crippen molar-refractivity contribution in [3.63, 3.8) is 0 Å². The molecule has 4 heteroatoms. The Hall–Kier alpha value is -1.29. The minimum Gasteiger partial charge on any atom is -0.397 e. The van der Waals surface area contributed by atoms with Gasteiger partial charge >= 0.3 is 0 Å². The molecule has 2 N–H and O–H groups in total. The predicted molar refractivity (Wildman–Crippen MR) is 78.9 cm³/mol. The fourth-order valence-corrected chi connectivity index (χ4v) is 2.69. The second-order valence-electron chi connectivity index (χ2n) is 5.66. The number of hydrogen-bond acceptors (Lipinski definition) is 3. The summed E-state index contributed by atoms with van der Waals surface area (Å²) in [5.41, 5.74) is 7.35. The van der Waals surface area contributed by atoms with E-state index in [0.717, 1.165) is 24.6 Å². The van der Waals surface area contributed by atoms with Crippen LogP contribution in [0.5, 0.6) is 0 Å². The Balaban J connectivity index is 1.87. The maximum Gasteiger partial charge on any atom is 0.125 e. The van der Waals surface area contributed by atoms with E-state index in [1.807, 2.05) is 7.05 Å². The van der Waals surface area contributed by atoms with Crippen LogP contribution >= 0.6 is 0 Å². The number of piperidine rings is 1. The average Bonchev–Trinajstić information content (AvgIpc) is 2.40. The number of benzene rings is 1. The summed E-state index contributed by atoms with van der Waals surface area (Å²) in [4.78, 5) is 4.45. The summed E-state index contributed by atoms with van der Waals surface area (Å²) in [6.45, 7) is 3.31. The lowest BCUT2D eigenvalue weighted by molar-refractivity contribution is 0.213. The van der Waals surface area contributed by atoms with Crippen LogP contribution in [0.15, 0.2) is 18.2 Å². The van der Waals surface area contributed by atoms with E-state index in [9.17, 15) is 4.39 Å². The van der Waals surface area contributed by atoms with E-state index in [0.29, 0.717) is 5.69 Å². The van der Waals surface area contributed by atoms with Crippen LogP contribution in [0, 0.1) is 11.7 Å². The molecule has 1 saturated heterocycles. The largest absolute Gasteiger partial charge is 0.397 e. The normalized spacial score (nSPS) is 17.6. The molecule has 0 saturated carbocycles. The number of nitrogens with zero attached hydrogens (tertiary/aromatic N) is 2. The van der Waals surface area contributed by atoms with E-state index in [4.69, 9.17) is 5.73 Å². The summed E-state index contributed by atoms with van der Waals surface area (Å²) < 4.78 is 13.3. The molecule has 1 aromatic carbocycles. The number of rotatable bonds is 4. The minimum absolute atomic E-state index is 0.227. The number of nitrogen functional groups attached to an aromatic ring is 1. The lowest BCUT2D eigenvalue weighted by Gasteiger charge is -2.30. The Morgan fingerprint density at radius 2 is 2.05 bits per heavy atom. The van der Waals surface area contributed by atoms with Crippen molar-refractivity contribution in [3.8, 4) is 0 Å². The quantitative estimate of drug-likeness (QED) is 0.849. The van der Waals surface area contributed by atoms with Crippen LogP contribution in [-0.4, -0.2) is 38.6 Å². The van der Waals surface area contributed by atoms with Gasteiger partial charge in [0.05, 0.1) is 11.4 Å². The van der Waals surface area contributed by atoms with E-state index < -0.39 is 0 Å². The van der Waals surface area contributed by atoms with Gasteiger partial charge in [-0.15, -0.1) is 0 Å². The molecule has 19 heavy (non-hydrogen) atoms. The SMILES string of the molecule is CN1CCC(CCN(C)c2cc(F)ccc2N)CC1. The monoisotopic (exact) mass is 265 g/mol. The topological polar surface area (TPSA) is 32.5 Å². The molecule has 1 aliphatic heterocycles. The first-order chi connectivity index (χ1) is 9.06. The first kappa shape index (κ1) is 14.1. The van der Waals surface area contributed by atoms with Gasteiger partial charge in [0, 0.05) is 13.6 Å². The molecule has 0 atom stereocenters. The number of anilines is 2. The van der Waals surface area contributed by atoms with Crippen molar-refractivity contribution in [3.05, 3.63) is 24.0 Å². The van der Waals surface area contributed by atoms with Crippen LogP contribution in [0.2, 0.25) is 0 Å². The number of hydrogen-bond donors (Lipinski definition) is 1. The molecule has 0 aliphatic carbocycles. The molecule has 1 heterocycles. The fourth-order valence-electron chi connectivity index (χ4n) is 2.69. The van der Waals surface area contributed by atoms with Gasteiger partial charge in [-0.3, -0.25) is 0 Å². The molecule has 0 radical (unpaired) electrons. The van der Waals surface area contributed by atoms with E-state index >= 15 is 0 Å². The lowest BCUT2D eigenvalue weighted by Crippen LogP contribution is -2.32. The van der Waals surface area contributed by atoms with E-state index in [1.165, 1.54) is 38.1 Å². The summed E-state index contributed by atoms with van der Waals surface area (Å²) in [6.07, 6.45) is 3.69. The summed E-state index contributed by atoms with van der Waals surface area (Å²) in [5.74, 6) is 0.559. The maximum atomic E-state index is 13.3. The van der Waals surface area contributed by atoms with Crippen LogP contribution in [0.1, 0.15) is 19.3 Å². The van der Waals surface area contributed by atoms with Crippen molar-refractivity contribution in [2.45, 2.75) is 19.3 Å². The van der Waals surface area contributed by atoms with Crippen molar-refractivity contribution in [1.82, 2.24) is 4.90 Å². The number of nitrogens with two attached hydrogens (primary N) is 1. The van der Waals surface area contributed by atoms with Crippen molar-refractivity contribution < 1.29 is 4.39 Å². The fraction of sp³-hybridized carbons (Fsp3) is 0.600. The van der Waals surface area contributed by atoms with Gasteiger partial charge in [-0.05, 0) is 63.5 Å². The summed E-state index contributed by atoms with van der Waals surface area (Å²) >= 11 is 0. The van der Waals surface area contributed by atoms with Crippen LogP contribution in [-0.2, 0) is 0 Å². The summed E-state index contributed by atoms with van der Waals surface area (Å²) in [5, 5.41) is 0. The molecule has 0 unspecified atom stereocenters. The van der Waals surface area contributed by atoms with Gasteiger partial charge in [-0.1, -0.05) is 0 Å². The Labute approximate surface area is 115 Å². The third-order valence-electron chi connectivity index (χ3n) is 4.11. The first-order valence-corrected chi connectivity index (χ1v) is 7.01. The highest BCUT2D eigenvalue weighted by molar-refractivity contribution is 5.67. The number of halogens is 1. The molecule has 1 fully saturated rings. The molecule has 0 spiro atoms. The van der Waals surface area contributed by atoms with Crippen LogP contribution < -0.4 is 10.6 Å². The van der Waals surface area contributed by atoms with E-state index in [1.54, 1.807) is 6.07 Å². The Morgan fingerprint density at radius 3 is 2.74 bits per heavy atom. The second kappa shape index (κ2) is 6.24. The minimum atomic E-state index is -0.227. The van der Waals surface area contributed by atoms with E-state index in [2.05, 4.69) is 16.8 Å². The third kappa shape index (κ3) is 3.83. The molecule has 1 aliphatic rings. The van der Waals surface area contributed by atoms with Crippen molar-refractivity contribution >= 4 is 11.4 Å². The molecule has 0 bridgehead atoms. The molecule has 0 amide bonds. The zero-order valence-electron chi connectivity index (χ0n) is 11.9. The van der Waals surface area contributed by atoms with Gasteiger partial charge < -0.3 is 15.5 Å². The van der Waals surface area contributed by atoms with Crippen molar-refractivity contribution in [2.24, 2.45) is 5.92 Å². The zero-order valence-corrected chi connectivity index (χ0v) is 11.9. The van der Waals surface area contributed by atoms with E-state index in [-0.39, 0.29) is 5.82 Å². The Kier molecular flexibility index (Phi) is 4.64. The number of likely N-dealkylation sites (tertiary alicyclic amines) is 1. The highest BCUT2D eigenvalue weighted by Crippen LogP contribution is 2.25.